The van der Waals surface area contributed by atoms with E-state index >= 15 is 0 Å². The standard InChI is InChI=1S/C20H32N2O/c1-5-6-16-7-9-17(10-8-16)19(14(2)3)22-20(23)18-11-12-21-15(4)13-18/h7-10,14-15,18-19,21H,5-6,11-13H2,1-4H3,(H,22,23)/t15-,18-,19?/m0/s1. The molecule has 0 aromatic heterocycles. The summed E-state index contributed by atoms with van der Waals surface area (Å²) >= 11 is 0. The fourth-order valence-electron chi connectivity index (χ4n) is 3.46. The molecular formula is C20H32N2O. The Labute approximate surface area is 141 Å². The summed E-state index contributed by atoms with van der Waals surface area (Å²) in [5.41, 5.74) is 2.59. The molecule has 1 aliphatic heterocycles. The molecule has 3 nitrogen and oxygen atoms in total. The minimum absolute atomic E-state index is 0.100. The monoisotopic (exact) mass is 316 g/mol. The van der Waals surface area contributed by atoms with Crippen LogP contribution in [0.1, 0.15) is 64.1 Å². The highest BCUT2D eigenvalue weighted by molar-refractivity contribution is 5.79. The number of hydrogen-bond acceptors (Lipinski definition) is 2. The van der Waals surface area contributed by atoms with Gasteiger partial charge in [0.05, 0.1) is 6.04 Å². The summed E-state index contributed by atoms with van der Waals surface area (Å²) in [6.45, 7) is 9.65. The Kier molecular flexibility index (Phi) is 6.64. The maximum absolute atomic E-state index is 12.7. The van der Waals surface area contributed by atoms with Gasteiger partial charge in [0, 0.05) is 12.0 Å². The Morgan fingerprint density at radius 2 is 2.00 bits per heavy atom. The number of hydrogen-bond donors (Lipinski definition) is 2. The molecule has 23 heavy (non-hydrogen) atoms. The van der Waals surface area contributed by atoms with E-state index in [1.54, 1.807) is 0 Å². The van der Waals surface area contributed by atoms with Crippen molar-refractivity contribution in [2.24, 2.45) is 11.8 Å². The van der Waals surface area contributed by atoms with Crippen LogP contribution in [0.2, 0.25) is 0 Å². The van der Waals surface area contributed by atoms with Crippen LogP contribution in [-0.4, -0.2) is 18.5 Å². The number of aryl methyl sites for hydroxylation is 1. The summed E-state index contributed by atoms with van der Waals surface area (Å²) in [6.07, 6.45) is 4.16. The van der Waals surface area contributed by atoms with Crippen LogP contribution < -0.4 is 10.6 Å². The van der Waals surface area contributed by atoms with Gasteiger partial charge in [0.15, 0.2) is 0 Å². The van der Waals surface area contributed by atoms with Crippen LogP contribution >= 0.6 is 0 Å². The molecule has 1 aromatic rings. The van der Waals surface area contributed by atoms with Crippen LogP contribution in [0.15, 0.2) is 24.3 Å². The molecule has 1 aliphatic rings. The molecule has 1 unspecified atom stereocenters. The summed E-state index contributed by atoms with van der Waals surface area (Å²) in [5.74, 6) is 0.747. The van der Waals surface area contributed by atoms with Crippen LogP contribution in [0.4, 0.5) is 0 Å². The van der Waals surface area contributed by atoms with Gasteiger partial charge in [-0.1, -0.05) is 51.5 Å². The van der Waals surface area contributed by atoms with Crippen LogP contribution in [0, 0.1) is 11.8 Å². The average molecular weight is 316 g/mol. The largest absolute Gasteiger partial charge is 0.349 e. The zero-order chi connectivity index (χ0) is 16.8. The van der Waals surface area contributed by atoms with Crippen molar-refractivity contribution < 1.29 is 4.79 Å². The predicted octanol–water partition coefficient (Wildman–Crippen LogP) is 3.84. The highest BCUT2D eigenvalue weighted by Gasteiger charge is 2.27. The Hall–Kier alpha value is -1.35. The van der Waals surface area contributed by atoms with Gasteiger partial charge in [0.25, 0.3) is 0 Å². The third kappa shape index (κ3) is 5.07. The van der Waals surface area contributed by atoms with Crippen molar-refractivity contribution in [3.05, 3.63) is 35.4 Å². The van der Waals surface area contributed by atoms with Gasteiger partial charge in [0.1, 0.15) is 0 Å². The maximum Gasteiger partial charge on any atom is 0.223 e. The van der Waals surface area contributed by atoms with E-state index in [1.807, 2.05) is 0 Å². The second-order valence-corrected chi connectivity index (χ2v) is 7.30. The third-order valence-electron chi connectivity index (χ3n) is 4.84. The van der Waals surface area contributed by atoms with Crippen molar-refractivity contribution in [2.75, 3.05) is 6.54 Å². The summed E-state index contributed by atoms with van der Waals surface area (Å²) in [5, 5.41) is 6.72. The SMILES string of the molecule is CCCc1ccc(C(NC(=O)[C@H]2CCN[C@@H](C)C2)C(C)C)cc1. The molecular weight excluding hydrogens is 284 g/mol. The van der Waals surface area contributed by atoms with Gasteiger partial charge in [0.2, 0.25) is 5.91 Å². The first kappa shape index (κ1) is 18.0. The van der Waals surface area contributed by atoms with Gasteiger partial charge in [-0.2, -0.15) is 0 Å². The van der Waals surface area contributed by atoms with Crippen LogP contribution in [0.25, 0.3) is 0 Å². The van der Waals surface area contributed by atoms with Crippen molar-refractivity contribution in [1.82, 2.24) is 10.6 Å². The molecule has 1 aromatic carbocycles. The second kappa shape index (κ2) is 8.49. The summed E-state index contributed by atoms with van der Waals surface area (Å²) in [7, 11) is 0. The van der Waals surface area contributed by atoms with Gasteiger partial charge in [-0.25, -0.2) is 0 Å². The lowest BCUT2D eigenvalue weighted by atomic mass is 9.90. The molecule has 1 fully saturated rings. The molecule has 0 radical (unpaired) electrons. The first-order valence-electron chi connectivity index (χ1n) is 9.13. The number of carbonyl (C=O) groups excluding carboxylic acids is 1. The fourth-order valence-corrected chi connectivity index (χ4v) is 3.46. The Morgan fingerprint density at radius 1 is 1.30 bits per heavy atom. The van der Waals surface area contributed by atoms with E-state index in [2.05, 4.69) is 62.6 Å². The molecule has 3 atom stereocenters. The summed E-state index contributed by atoms with van der Waals surface area (Å²) in [6, 6.07) is 9.30. The van der Waals surface area contributed by atoms with E-state index in [0.717, 1.165) is 32.2 Å². The van der Waals surface area contributed by atoms with E-state index in [9.17, 15) is 4.79 Å². The molecule has 1 amide bonds. The minimum atomic E-state index is 0.100. The zero-order valence-corrected chi connectivity index (χ0v) is 15.1. The van der Waals surface area contributed by atoms with Crippen molar-refractivity contribution >= 4 is 5.91 Å². The van der Waals surface area contributed by atoms with Gasteiger partial charge in [-0.3, -0.25) is 4.79 Å². The van der Waals surface area contributed by atoms with E-state index in [-0.39, 0.29) is 17.9 Å². The lowest BCUT2D eigenvalue weighted by Crippen LogP contribution is -2.44. The van der Waals surface area contributed by atoms with Gasteiger partial charge < -0.3 is 10.6 Å². The van der Waals surface area contributed by atoms with Gasteiger partial charge >= 0.3 is 0 Å². The quantitative estimate of drug-likeness (QED) is 0.837. The molecule has 1 heterocycles. The Balaban J connectivity index is 2.04. The van der Waals surface area contributed by atoms with E-state index in [4.69, 9.17) is 0 Å². The number of nitrogens with one attached hydrogen (secondary N) is 2. The smallest absolute Gasteiger partial charge is 0.223 e. The molecule has 3 heteroatoms. The van der Waals surface area contributed by atoms with E-state index in [1.165, 1.54) is 11.1 Å². The molecule has 0 aliphatic carbocycles. The number of carbonyl (C=O) groups is 1. The molecule has 128 valence electrons. The topological polar surface area (TPSA) is 41.1 Å². The van der Waals surface area contributed by atoms with Crippen LogP contribution in [0.5, 0.6) is 0 Å². The second-order valence-electron chi connectivity index (χ2n) is 7.30. The lowest BCUT2D eigenvalue weighted by Gasteiger charge is -2.30. The van der Waals surface area contributed by atoms with Crippen LogP contribution in [-0.2, 0) is 11.2 Å². The van der Waals surface area contributed by atoms with Crippen molar-refractivity contribution in [3.8, 4) is 0 Å². The van der Waals surface area contributed by atoms with Gasteiger partial charge in [-0.15, -0.1) is 0 Å². The number of benzene rings is 1. The Bertz CT molecular complexity index is 495. The summed E-state index contributed by atoms with van der Waals surface area (Å²) < 4.78 is 0. The summed E-state index contributed by atoms with van der Waals surface area (Å²) in [4.78, 5) is 12.7. The van der Waals surface area contributed by atoms with E-state index < -0.39 is 0 Å². The number of amides is 1. The molecule has 2 rings (SSSR count). The molecule has 0 spiro atoms. The highest BCUT2D eigenvalue weighted by atomic mass is 16.1. The zero-order valence-electron chi connectivity index (χ0n) is 15.1. The Morgan fingerprint density at radius 3 is 2.57 bits per heavy atom. The first-order valence-corrected chi connectivity index (χ1v) is 9.13. The number of rotatable bonds is 6. The van der Waals surface area contributed by atoms with Crippen molar-refractivity contribution in [2.45, 2.75) is 65.5 Å². The van der Waals surface area contributed by atoms with E-state index in [0.29, 0.717) is 12.0 Å². The van der Waals surface area contributed by atoms with Gasteiger partial charge in [-0.05, 0) is 49.8 Å². The molecule has 2 N–H and O–H groups in total. The third-order valence-corrected chi connectivity index (χ3v) is 4.84. The highest BCUT2D eigenvalue weighted by Crippen LogP contribution is 2.24. The normalized spacial score (nSPS) is 22.8. The van der Waals surface area contributed by atoms with Crippen molar-refractivity contribution in [3.63, 3.8) is 0 Å². The molecule has 0 saturated carbocycles. The lowest BCUT2D eigenvalue weighted by molar-refractivity contribution is -0.127. The average Bonchev–Trinajstić information content (AvgIpc) is 2.53. The fraction of sp³-hybridized carbons (Fsp3) is 0.650. The van der Waals surface area contributed by atoms with Crippen LogP contribution in [0.3, 0.4) is 0 Å². The molecule has 0 bridgehead atoms. The molecule has 1 saturated heterocycles. The predicted molar refractivity (Wildman–Crippen MR) is 96.3 cm³/mol. The first-order chi connectivity index (χ1) is 11.0. The number of piperidine rings is 1. The minimum Gasteiger partial charge on any atom is -0.349 e. The van der Waals surface area contributed by atoms with Crippen molar-refractivity contribution in [1.29, 1.82) is 0 Å². The maximum atomic E-state index is 12.7.